The first-order chi connectivity index (χ1) is 7.90. The van der Waals surface area contributed by atoms with Gasteiger partial charge in [-0.15, -0.1) is 0 Å². The SMILES string of the molecule is CCC(C)(CNC(=O)c1occc1C)C(=O)O. The number of carboxylic acids is 1. The van der Waals surface area contributed by atoms with Gasteiger partial charge in [0.15, 0.2) is 5.76 Å². The highest BCUT2D eigenvalue weighted by atomic mass is 16.4. The second-order valence-corrected chi connectivity index (χ2v) is 4.33. The van der Waals surface area contributed by atoms with E-state index >= 15 is 0 Å². The van der Waals surface area contributed by atoms with Crippen molar-refractivity contribution in [2.75, 3.05) is 6.54 Å². The first-order valence-electron chi connectivity index (χ1n) is 5.46. The lowest BCUT2D eigenvalue weighted by molar-refractivity contribution is -0.147. The molecule has 0 aliphatic carbocycles. The summed E-state index contributed by atoms with van der Waals surface area (Å²) >= 11 is 0. The van der Waals surface area contributed by atoms with Crippen LogP contribution in [0.3, 0.4) is 0 Å². The van der Waals surface area contributed by atoms with Gasteiger partial charge in [-0.2, -0.15) is 0 Å². The van der Waals surface area contributed by atoms with Gasteiger partial charge >= 0.3 is 5.97 Å². The Kier molecular flexibility index (Phi) is 3.93. The average Bonchev–Trinajstić information content (AvgIpc) is 2.71. The van der Waals surface area contributed by atoms with Crippen molar-refractivity contribution in [2.45, 2.75) is 27.2 Å². The van der Waals surface area contributed by atoms with Crippen LogP contribution in [0.15, 0.2) is 16.7 Å². The minimum absolute atomic E-state index is 0.0812. The number of furan rings is 1. The Labute approximate surface area is 99.8 Å². The normalized spacial score (nSPS) is 14.1. The number of hydrogen-bond donors (Lipinski definition) is 2. The van der Waals surface area contributed by atoms with Gasteiger partial charge < -0.3 is 14.8 Å². The summed E-state index contributed by atoms with van der Waals surface area (Å²) < 4.78 is 5.03. The van der Waals surface area contributed by atoms with Gasteiger partial charge in [0.1, 0.15) is 0 Å². The Morgan fingerprint density at radius 2 is 2.18 bits per heavy atom. The molecule has 1 aromatic heterocycles. The van der Waals surface area contributed by atoms with E-state index in [1.54, 1.807) is 26.8 Å². The van der Waals surface area contributed by atoms with E-state index in [4.69, 9.17) is 9.52 Å². The Balaban J connectivity index is 2.66. The van der Waals surface area contributed by atoms with E-state index in [2.05, 4.69) is 5.32 Å². The van der Waals surface area contributed by atoms with Crippen molar-refractivity contribution in [3.8, 4) is 0 Å². The molecule has 0 aliphatic rings. The number of hydrogen-bond acceptors (Lipinski definition) is 3. The molecule has 0 spiro atoms. The zero-order valence-electron chi connectivity index (χ0n) is 10.2. The van der Waals surface area contributed by atoms with Gasteiger partial charge in [0, 0.05) is 12.1 Å². The lowest BCUT2D eigenvalue weighted by Crippen LogP contribution is -2.40. The van der Waals surface area contributed by atoms with Crippen LogP contribution in [0.1, 0.15) is 36.4 Å². The van der Waals surface area contributed by atoms with Crippen LogP contribution in [0.5, 0.6) is 0 Å². The molecule has 0 aromatic carbocycles. The summed E-state index contributed by atoms with van der Waals surface area (Å²) in [6.07, 6.45) is 1.88. The van der Waals surface area contributed by atoms with E-state index in [1.165, 1.54) is 6.26 Å². The van der Waals surface area contributed by atoms with Crippen molar-refractivity contribution in [3.05, 3.63) is 23.7 Å². The van der Waals surface area contributed by atoms with Gasteiger partial charge in [0.2, 0.25) is 0 Å². The second kappa shape index (κ2) is 5.03. The van der Waals surface area contributed by atoms with Crippen molar-refractivity contribution in [1.29, 1.82) is 0 Å². The smallest absolute Gasteiger partial charge is 0.311 e. The van der Waals surface area contributed by atoms with E-state index < -0.39 is 11.4 Å². The van der Waals surface area contributed by atoms with Crippen molar-refractivity contribution < 1.29 is 19.1 Å². The number of amides is 1. The Hall–Kier alpha value is -1.78. The third-order valence-corrected chi connectivity index (χ3v) is 3.00. The first-order valence-corrected chi connectivity index (χ1v) is 5.46. The summed E-state index contributed by atoms with van der Waals surface area (Å²) in [4.78, 5) is 22.8. The van der Waals surface area contributed by atoms with Crippen molar-refractivity contribution in [3.63, 3.8) is 0 Å². The molecule has 0 bridgehead atoms. The molecule has 2 N–H and O–H groups in total. The standard InChI is InChI=1S/C12H17NO4/c1-4-12(3,11(15)16)7-13-10(14)9-8(2)5-6-17-9/h5-6H,4,7H2,1-3H3,(H,13,14)(H,15,16). The molecular formula is C12H17NO4. The fourth-order valence-corrected chi connectivity index (χ4v) is 1.31. The van der Waals surface area contributed by atoms with E-state index in [1.807, 2.05) is 0 Å². The fraction of sp³-hybridized carbons (Fsp3) is 0.500. The van der Waals surface area contributed by atoms with Gasteiger partial charge in [-0.05, 0) is 26.3 Å². The fourth-order valence-electron chi connectivity index (χ4n) is 1.31. The zero-order valence-corrected chi connectivity index (χ0v) is 10.2. The summed E-state index contributed by atoms with van der Waals surface area (Å²) in [5, 5.41) is 11.6. The van der Waals surface area contributed by atoms with Crippen LogP contribution in [0, 0.1) is 12.3 Å². The van der Waals surface area contributed by atoms with Crippen molar-refractivity contribution in [2.24, 2.45) is 5.41 Å². The molecular weight excluding hydrogens is 222 g/mol. The summed E-state index contributed by atoms with van der Waals surface area (Å²) in [5.74, 6) is -1.07. The third-order valence-electron chi connectivity index (χ3n) is 3.00. The number of carbonyl (C=O) groups is 2. The quantitative estimate of drug-likeness (QED) is 0.821. The largest absolute Gasteiger partial charge is 0.481 e. The van der Waals surface area contributed by atoms with Crippen LogP contribution in [-0.2, 0) is 4.79 Å². The summed E-state index contributed by atoms with van der Waals surface area (Å²) in [5.41, 5.74) is -0.216. The molecule has 0 saturated heterocycles. The van der Waals surface area contributed by atoms with Crippen LogP contribution in [0.2, 0.25) is 0 Å². The number of aliphatic carboxylic acids is 1. The molecule has 1 rings (SSSR count). The predicted molar refractivity (Wildman–Crippen MR) is 61.8 cm³/mol. The van der Waals surface area contributed by atoms with Gasteiger partial charge in [-0.1, -0.05) is 6.92 Å². The maximum absolute atomic E-state index is 11.7. The van der Waals surface area contributed by atoms with E-state index in [9.17, 15) is 9.59 Å². The number of nitrogens with one attached hydrogen (secondary N) is 1. The van der Waals surface area contributed by atoms with Crippen molar-refractivity contribution >= 4 is 11.9 Å². The van der Waals surface area contributed by atoms with Crippen molar-refractivity contribution in [1.82, 2.24) is 5.32 Å². The third kappa shape index (κ3) is 2.87. The zero-order chi connectivity index (χ0) is 13.1. The van der Waals surface area contributed by atoms with E-state index in [0.717, 1.165) is 5.56 Å². The second-order valence-electron chi connectivity index (χ2n) is 4.33. The molecule has 0 fully saturated rings. The van der Waals surface area contributed by atoms with E-state index in [0.29, 0.717) is 6.42 Å². The monoisotopic (exact) mass is 239 g/mol. The molecule has 1 unspecified atom stereocenters. The van der Waals surface area contributed by atoms with Crippen LogP contribution in [0.25, 0.3) is 0 Å². The molecule has 94 valence electrons. The predicted octanol–water partition coefficient (Wildman–Crippen LogP) is 1.82. The van der Waals surface area contributed by atoms with Gasteiger partial charge in [0.05, 0.1) is 11.7 Å². The Bertz CT molecular complexity index is 424. The highest BCUT2D eigenvalue weighted by Crippen LogP contribution is 2.20. The van der Waals surface area contributed by atoms with Gasteiger partial charge in [0.25, 0.3) is 5.91 Å². The minimum Gasteiger partial charge on any atom is -0.481 e. The first kappa shape index (κ1) is 13.3. The maximum Gasteiger partial charge on any atom is 0.311 e. The molecule has 1 aromatic rings. The molecule has 1 heterocycles. The highest BCUT2D eigenvalue weighted by Gasteiger charge is 2.31. The lowest BCUT2D eigenvalue weighted by atomic mass is 9.88. The number of carbonyl (C=O) groups excluding carboxylic acids is 1. The van der Waals surface area contributed by atoms with Crippen LogP contribution in [0.4, 0.5) is 0 Å². The van der Waals surface area contributed by atoms with Gasteiger partial charge in [-0.3, -0.25) is 9.59 Å². The van der Waals surface area contributed by atoms with Crippen LogP contribution in [-0.4, -0.2) is 23.5 Å². The highest BCUT2D eigenvalue weighted by molar-refractivity contribution is 5.93. The summed E-state index contributed by atoms with van der Waals surface area (Å²) in [6.45, 7) is 5.22. The van der Waals surface area contributed by atoms with Crippen LogP contribution >= 0.6 is 0 Å². The topological polar surface area (TPSA) is 79.5 Å². The number of carboxylic acid groups (broad SMARTS) is 1. The Morgan fingerprint density at radius 1 is 1.53 bits per heavy atom. The molecule has 0 radical (unpaired) electrons. The Morgan fingerprint density at radius 3 is 2.59 bits per heavy atom. The molecule has 0 saturated carbocycles. The molecule has 17 heavy (non-hydrogen) atoms. The summed E-state index contributed by atoms with van der Waals surface area (Å²) in [6, 6.07) is 1.69. The van der Waals surface area contributed by atoms with Gasteiger partial charge in [-0.25, -0.2) is 0 Å². The molecule has 1 atom stereocenters. The molecule has 0 aliphatic heterocycles. The summed E-state index contributed by atoms with van der Waals surface area (Å²) in [7, 11) is 0. The minimum atomic E-state index is -0.948. The lowest BCUT2D eigenvalue weighted by Gasteiger charge is -2.22. The molecule has 5 nitrogen and oxygen atoms in total. The molecule has 5 heteroatoms. The molecule has 1 amide bonds. The maximum atomic E-state index is 11.7. The number of rotatable bonds is 5. The van der Waals surface area contributed by atoms with Crippen LogP contribution < -0.4 is 5.32 Å². The van der Waals surface area contributed by atoms with E-state index in [-0.39, 0.29) is 18.2 Å². The average molecular weight is 239 g/mol. The number of aryl methyl sites for hydroxylation is 1.